The smallest absolute Gasteiger partial charge is 0.412 e. The second-order valence-corrected chi connectivity index (χ2v) is 15.2. The number of amides is 1. The zero-order valence-corrected chi connectivity index (χ0v) is 32.6. The molecule has 0 saturated carbocycles. The van der Waals surface area contributed by atoms with Gasteiger partial charge in [-0.3, -0.25) is 9.69 Å². The Hall–Kier alpha value is -5.31. The first-order valence-electron chi connectivity index (χ1n) is 18.0. The lowest BCUT2D eigenvalue weighted by atomic mass is 9.89. The first-order chi connectivity index (χ1) is 26.4. The predicted molar refractivity (Wildman–Crippen MR) is 203 cm³/mol. The predicted octanol–water partition coefficient (Wildman–Crippen LogP) is 6.21. The highest BCUT2D eigenvalue weighted by Crippen LogP contribution is 2.31. The maximum absolute atomic E-state index is 12.8. The number of esters is 2. The molecule has 3 atom stereocenters. The molecule has 2 aliphatic rings. The molecule has 0 unspecified atom stereocenters. The van der Waals surface area contributed by atoms with Gasteiger partial charge >= 0.3 is 30.0 Å². The van der Waals surface area contributed by atoms with Crippen LogP contribution >= 0.6 is 11.6 Å². The van der Waals surface area contributed by atoms with E-state index in [4.69, 9.17) is 30.5 Å². The van der Waals surface area contributed by atoms with Crippen LogP contribution in [0, 0.1) is 5.92 Å². The summed E-state index contributed by atoms with van der Waals surface area (Å²) in [5, 5.41) is 19.1. The van der Waals surface area contributed by atoms with Crippen LogP contribution in [0.25, 0.3) is 0 Å². The van der Waals surface area contributed by atoms with E-state index >= 15 is 0 Å². The maximum Gasteiger partial charge on any atom is 0.412 e. The van der Waals surface area contributed by atoms with E-state index in [1.807, 2.05) is 34.6 Å². The van der Waals surface area contributed by atoms with Crippen molar-refractivity contribution < 1.29 is 57.9 Å². The van der Waals surface area contributed by atoms with E-state index in [2.05, 4.69) is 4.90 Å². The van der Waals surface area contributed by atoms with E-state index in [9.17, 15) is 39.0 Å². The van der Waals surface area contributed by atoms with Crippen LogP contribution in [0.15, 0.2) is 84.9 Å². The monoisotopic (exact) mass is 794 g/mol. The SMILES string of the molecule is CC(C)(C)OC(=O)N1[C@@H](CN2CCC(C(=O)c3ccc(Cl)cc3)CC2)COC1(C)C.O=C(O[C@@H](C(=O)O)[C@@H](OC(=O)c1ccccc1)C(=O)O)c1ccccc1. The number of benzene rings is 3. The average molecular weight is 795 g/mol. The largest absolute Gasteiger partial charge is 0.478 e. The molecule has 2 fully saturated rings. The van der Waals surface area contributed by atoms with Crippen molar-refractivity contribution in [2.45, 2.75) is 77.0 Å². The molecule has 2 heterocycles. The number of rotatable bonds is 11. The van der Waals surface area contributed by atoms with Crippen LogP contribution in [0.4, 0.5) is 4.79 Å². The van der Waals surface area contributed by atoms with E-state index in [0.717, 1.165) is 31.5 Å². The lowest BCUT2D eigenvalue weighted by molar-refractivity contribution is -0.166. The minimum atomic E-state index is -2.21. The van der Waals surface area contributed by atoms with Crippen molar-refractivity contribution in [3.63, 3.8) is 0 Å². The fourth-order valence-corrected chi connectivity index (χ4v) is 6.35. The Morgan fingerprint density at radius 2 is 1.23 bits per heavy atom. The first kappa shape index (κ1) is 43.4. The number of halogens is 1. The maximum atomic E-state index is 12.8. The molecule has 300 valence electrons. The summed E-state index contributed by atoms with van der Waals surface area (Å²) in [7, 11) is 0. The number of carboxylic acid groups (broad SMARTS) is 2. The van der Waals surface area contributed by atoms with Gasteiger partial charge in [0.15, 0.2) is 5.78 Å². The number of carbonyl (C=O) groups excluding carboxylic acids is 4. The van der Waals surface area contributed by atoms with E-state index in [-0.39, 0.29) is 35.0 Å². The van der Waals surface area contributed by atoms with Gasteiger partial charge in [0, 0.05) is 23.0 Å². The van der Waals surface area contributed by atoms with Gasteiger partial charge in [0.1, 0.15) is 11.3 Å². The van der Waals surface area contributed by atoms with E-state index in [0.29, 0.717) is 18.2 Å². The summed E-state index contributed by atoms with van der Waals surface area (Å²) >= 11 is 5.93. The van der Waals surface area contributed by atoms with Gasteiger partial charge in [-0.25, -0.2) is 24.0 Å². The highest BCUT2D eigenvalue weighted by Gasteiger charge is 2.46. The minimum absolute atomic E-state index is 0.0253. The Kier molecular flexibility index (Phi) is 14.8. The van der Waals surface area contributed by atoms with Crippen molar-refractivity contribution in [3.8, 4) is 0 Å². The quantitative estimate of drug-likeness (QED) is 0.127. The number of carbonyl (C=O) groups is 6. The Morgan fingerprint density at radius 1 is 0.768 bits per heavy atom. The van der Waals surface area contributed by atoms with Crippen LogP contribution < -0.4 is 0 Å². The number of hydrogen-bond donors (Lipinski definition) is 2. The number of carboxylic acids is 2. The Bertz CT molecular complexity index is 1770. The summed E-state index contributed by atoms with van der Waals surface area (Å²) in [6.45, 7) is 12.2. The number of ketones is 1. The topological polar surface area (TPSA) is 186 Å². The number of likely N-dealkylation sites (tertiary alicyclic amines) is 1. The molecule has 3 aromatic rings. The van der Waals surface area contributed by atoms with Gasteiger partial charge in [0.05, 0.1) is 23.8 Å². The first-order valence-corrected chi connectivity index (χ1v) is 18.4. The van der Waals surface area contributed by atoms with Crippen molar-refractivity contribution in [3.05, 3.63) is 107 Å². The molecular weight excluding hydrogens is 748 g/mol. The molecule has 0 aromatic heterocycles. The minimum Gasteiger partial charge on any atom is -0.478 e. The zero-order chi connectivity index (χ0) is 41.2. The summed E-state index contributed by atoms with van der Waals surface area (Å²) in [6.07, 6.45) is -3.15. The van der Waals surface area contributed by atoms with Gasteiger partial charge in [-0.15, -0.1) is 0 Å². The van der Waals surface area contributed by atoms with Crippen LogP contribution in [0.2, 0.25) is 5.02 Å². The number of aliphatic carboxylic acids is 2. The number of nitrogens with zero attached hydrogens (tertiary/aromatic N) is 2. The van der Waals surface area contributed by atoms with Gasteiger partial charge in [0.2, 0.25) is 12.2 Å². The fourth-order valence-electron chi connectivity index (χ4n) is 6.22. The van der Waals surface area contributed by atoms with Crippen molar-refractivity contribution in [2.24, 2.45) is 5.92 Å². The molecule has 0 radical (unpaired) electrons. The van der Waals surface area contributed by atoms with Gasteiger partial charge in [-0.2, -0.15) is 0 Å². The van der Waals surface area contributed by atoms with Crippen molar-refractivity contribution >= 4 is 47.4 Å². The summed E-state index contributed by atoms with van der Waals surface area (Å²) in [5.74, 6) is -5.42. The van der Waals surface area contributed by atoms with Crippen molar-refractivity contribution in [1.82, 2.24) is 9.80 Å². The third-order valence-corrected chi connectivity index (χ3v) is 9.22. The summed E-state index contributed by atoms with van der Waals surface area (Å²) in [6, 6.07) is 21.9. The normalized spacial score (nSPS) is 18.0. The van der Waals surface area contributed by atoms with Crippen LogP contribution in [0.5, 0.6) is 0 Å². The summed E-state index contributed by atoms with van der Waals surface area (Å²) in [4.78, 5) is 76.5. The van der Waals surface area contributed by atoms with E-state index in [1.165, 1.54) is 48.5 Å². The van der Waals surface area contributed by atoms with Crippen LogP contribution in [0.1, 0.15) is 78.5 Å². The van der Waals surface area contributed by atoms with E-state index < -0.39 is 47.4 Å². The Labute approximate surface area is 330 Å². The highest BCUT2D eigenvalue weighted by atomic mass is 35.5. The Balaban J connectivity index is 0.000000251. The molecule has 14 nitrogen and oxygen atoms in total. The van der Waals surface area contributed by atoms with Gasteiger partial charge in [0.25, 0.3) is 0 Å². The third kappa shape index (κ3) is 12.1. The van der Waals surface area contributed by atoms with Crippen molar-refractivity contribution in [2.75, 3.05) is 26.2 Å². The lowest BCUT2D eigenvalue weighted by Crippen LogP contribution is -2.53. The van der Waals surface area contributed by atoms with Gasteiger partial charge in [-0.1, -0.05) is 48.0 Å². The molecule has 0 bridgehead atoms. The second kappa shape index (κ2) is 19.0. The highest BCUT2D eigenvalue weighted by molar-refractivity contribution is 6.30. The summed E-state index contributed by atoms with van der Waals surface area (Å²) < 4.78 is 21.0. The molecule has 5 rings (SSSR count). The second-order valence-electron chi connectivity index (χ2n) is 14.8. The molecule has 0 aliphatic carbocycles. The number of piperidine rings is 1. The zero-order valence-electron chi connectivity index (χ0n) is 31.9. The van der Waals surface area contributed by atoms with Crippen LogP contribution in [0.3, 0.4) is 0 Å². The number of hydrogen-bond acceptors (Lipinski definition) is 11. The van der Waals surface area contributed by atoms with Crippen molar-refractivity contribution in [1.29, 1.82) is 0 Å². The molecule has 3 aromatic carbocycles. The fraction of sp³-hybridized carbons (Fsp3) is 0.415. The molecular formula is C41H47ClN2O12. The van der Waals surface area contributed by atoms with Crippen LogP contribution in [-0.2, 0) is 28.5 Å². The lowest BCUT2D eigenvalue weighted by Gasteiger charge is -2.38. The molecule has 0 spiro atoms. The number of Topliss-reactive ketones (excluding diaryl/α,β-unsaturated/α-hetero) is 1. The molecule has 15 heteroatoms. The number of ether oxygens (including phenoxy) is 4. The third-order valence-electron chi connectivity index (χ3n) is 8.97. The standard InChI is InChI=1S/C23H33ClN2O4.C18H14O8/c1-22(2,3)30-21(28)26-19(15-29-23(26,4)5)14-25-12-10-17(11-13-25)20(27)16-6-8-18(24)9-7-16;19-15(20)13(25-17(23)11-7-3-1-4-8-11)14(16(21)22)26-18(24)12-9-5-2-6-10-12/h6-9,17,19H,10-15H2,1-5H3;1-10,13-14H,(H,19,20)(H,21,22)/t19-;13-,14-/m01/s1. The van der Waals surface area contributed by atoms with Gasteiger partial charge < -0.3 is 34.1 Å². The molecule has 2 saturated heterocycles. The summed E-state index contributed by atoms with van der Waals surface area (Å²) in [5.41, 5.74) is -0.481. The Morgan fingerprint density at radius 3 is 1.66 bits per heavy atom. The van der Waals surface area contributed by atoms with Crippen LogP contribution in [-0.4, -0.2) is 112 Å². The van der Waals surface area contributed by atoms with Gasteiger partial charge in [-0.05, 0) is 109 Å². The molecule has 1 amide bonds. The van der Waals surface area contributed by atoms with E-state index in [1.54, 1.807) is 41.3 Å². The molecule has 2 N–H and O–H groups in total. The molecule has 56 heavy (non-hydrogen) atoms. The average Bonchev–Trinajstić information content (AvgIpc) is 3.46. The molecule has 2 aliphatic heterocycles.